The number of hydrogen-bond donors (Lipinski definition) is 0. The minimum Gasteiger partial charge on any atom is -0.489 e. The summed E-state index contributed by atoms with van der Waals surface area (Å²) < 4.78 is 12.8. The summed E-state index contributed by atoms with van der Waals surface area (Å²) in [4.78, 5) is 29.9. The van der Waals surface area contributed by atoms with Gasteiger partial charge in [0.1, 0.15) is 23.7 Å². The van der Waals surface area contributed by atoms with Crippen LogP contribution in [-0.2, 0) is 22.6 Å². The zero-order valence-corrected chi connectivity index (χ0v) is 19.1. The number of rotatable bonds is 8. The van der Waals surface area contributed by atoms with Gasteiger partial charge < -0.3 is 9.47 Å². The molecule has 32 heavy (non-hydrogen) atoms. The highest BCUT2D eigenvalue weighted by atomic mass is 32.1. The molecule has 164 valence electrons. The first kappa shape index (κ1) is 21.8. The Labute approximate surface area is 190 Å². The van der Waals surface area contributed by atoms with Crippen LogP contribution in [0.4, 0.5) is 0 Å². The van der Waals surface area contributed by atoms with Gasteiger partial charge in [0.15, 0.2) is 11.2 Å². The van der Waals surface area contributed by atoms with Gasteiger partial charge in [0.25, 0.3) is 0 Å². The van der Waals surface area contributed by atoms with Crippen LogP contribution in [0.25, 0.3) is 16.2 Å². The maximum atomic E-state index is 12.0. The van der Waals surface area contributed by atoms with Gasteiger partial charge in [-0.1, -0.05) is 30.3 Å². The minimum atomic E-state index is -0.289. The van der Waals surface area contributed by atoms with Crippen LogP contribution in [0.1, 0.15) is 39.0 Å². The van der Waals surface area contributed by atoms with E-state index < -0.39 is 0 Å². The third kappa shape index (κ3) is 4.43. The number of carbonyl (C=O) groups is 2. The first-order valence-corrected chi connectivity index (χ1v) is 11.2. The molecule has 0 unspecified atom stereocenters. The molecule has 4 aromatic rings. The smallest absolute Gasteiger partial charge is 0.311 e. The van der Waals surface area contributed by atoms with E-state index in [1.54, 1.807) is 17.5 Å². The predicted molar refractivity (Wildman–Crippen MR) is 124 cm³/mol. The number of ether oxygens (including phenoxy) is 2. The molecular weight excluding hydrogens is 424 g/mol. The van der Waals surface area contributed by atoms with Crippen molar-refractivity contribution in [2.24, 2.45) is 0 Å². The van der Waals surface area contributed by atoms with Crippen molar-refractivity contribution in [3.05, 3.63) is 75.9 Å². The summed E-state index contributed by atoms with van der Waals surface area (Å²) in [5.41, 5.74) is 5.03. The molecule has 7 heteroatoms. The van der Waals surface area contributed by atoms with E-state index in [1.165, 1.54) is 11.3 Å². The second-order valence-electron chi connectivity index (χ2n) is 7.50. The number of nitrogens with zero attached hydrogens (tertiary/aromatic N) is 2. The van der Waals surface area contributed by atoms with E-state index in [-0.39, 0.29) is 12.4 Å². The van der Waals surface area contributed by atoms with Gasteiger partial charge in [-0.05, 0) is 49.6 Å². The van der Waals surface area contributed by atoms with Gasteiger partial charge in [0, 0.05) is 16.6 Å². The second-order valence-corrected chi connectivity index (χ2v) is 8.60. The van der Waals surface area contributed by atoms with Gasteiger partial charge in [0.05, 0.1) is 13.0 Å². The Balaban J connectivity index is 1.63. The number of esters is 1. The number of hydrogen-bond acceptors (Lipinski definition) is 6. The van der Waals surface area contributed by atoms with Crippen LogP contribution >= 0.6 is 11.3 Å². The van der Waals surface area contributed by atoms with Crippen molar-refractivity contribution in [3.63, 3.8) is 0 Å². The van der Waals surface area contributed by atoms with Gasteiger partial charge in [0.2, 0.25) is 0 Å². The average molecular weight is 449 g/mol. The minimum absolute atomic E-state index is 0.168. The quantitative estimate of drug-likeness (QED) is 0.274. The Bertz CT molecular complexity index is 1270. The Hall–Kier alpha value is -3.45. The van der Waals surface area contributed by atoms with Crippen LogP contribution in [0.15, 0.2) is 48.7 Å². The van der Waals surface area contributed by atoms with Crippen molar-refractivity contribution in [1.29, 1.82) is 0 Å². The van der Waals surface area contributed by atoms with E-state index in [4.69, 9.17) is 14.5 Å². The zero-order chi connectivity index (χ0) is 22.7. The van der Waals surface area contributed by atoms with E-state index >= 15 is 0 Å². The van der Waals surface area contributed by atoms with Crippen LogP contribution < -0.4 is 4.74 Å². The van der Waals surface area contributed by atoms with E-state index in [2.05, 4.69) is 0 Å². The monoisotopic (exact) mass is 448 g/mol. The van der Waals surface area contributed by atoms with Crippen molar-refractivity contribution in [2.75, 3.05) is 6.61 Å². The van der Waals surface area contributed by atoms with Crippen molar-refractivity contribution >= 4 is 28.6 Å². The lowest BCUT2D eigenvalue weighted by atomic mass is 10.0. The molecule has 4 rings (SSSR count). The molecule has 0 fully saturated rings. The van der Waals surface area contributed by atoms with Crippen LogP contribution in [0.2, 0.25) is 0 Å². The maximum Gasteiger partial charge on any atom is 0.311 e. The predicted octanol–water partition coefficient (Wildman–Crippen LogP) is 5.18. The summed E-state index contributed by atoms with van der Waals surface area (Å²) in [5, 5.41) is 0. The van der Waals surface area contributed by atoms with Crippen LogP contribution in [0, 0.1) is 13.8 Å². The summed E-state index contributed by atoms with van der Waals surface area (Å²) in [6, 6.07) is 14.0. The van der Waals surface area contributed by atoms with Crippen LogP contribution in [0.5, 0.6) is 5.75 Å². The van der Waals surface area contributed by atoms with Crippen molar-refractivity contribution in [1.82, 2.24) is 9.38 Å². The molecule has 0 radical (unpaired) electrons. The number of carbonyl (C=O) groups excluding carboxylic acids is 2. The molecule has 2 aromatic heterocycles. The molecule has 0 aliphatic heterocycles. The zero-order valence-electron chi connectivity index (χ0n) is 18.3. The van der Waals surface area contributed by atoms with Crippen molar-refractivity contribution in [2.45, 2.75) is 33.8 Å². The standard InChI is InChI=1S/C25H24N2O4S/c1-4-30-23(29)12-19-13-27-21(14-28)24(26-25(27)32-19)20-10-17(3)22(11-16(20)2)31-15-18-8-6-5-7-9-18/h5-11,13-14H,4,12,15H2,1-3H3. The van der Waals surface area contributed by atoms with Crippen molar-refractivity contribution in [3.8, 4) is 17.0 Å². The Morgan fingerprint density at radius 2 is 1.94 bits per heavy atom. The summed E-state index contributed by atoms with van der Waals surface area (Å²) in [5.74, 6) is 0.517. The average Bonchev–Trinajstić information content (AvgIpc) is 3.31. The van der Waals surface area contributed by atoms with Gasteiger partial charge in [-0.2, -0.15) is 0 Å². The Morgan fingerprint density at radius 3 is 2.66 bits per heavy atom. The normalized spacial score (nSPS) is 11.0. The number of fused-ring (bicyclic) bond motifs is 1. The van der Waals surface area contributed by atoms with Crippen molar-refractivity contribution < 1.29 is 19.1 Å². The summed E-state index contributed by atoms with van der Waals surface area (Å²) in [6.45, 7) is 6.58. The van der Waals surface area contributed by atoms with Crippen LogP contribution in [0.3, 0.4) is 0 Å². The van der Waals surface area contributed by atoms with E-state index in [0.29, 0.717) is 29.6 Å². The fourth-order valence-electron chi connectivity index (χ4n) is 3.59. The molecule has 6 nitrogen and oxygen atoms in total. The molecule has 0 bridgehead atoms. The lowest BCUT2D eigenvalue weighted by Crippen LogP contribution is -2.06. The topological polar surface area (TPSA) is 69.9 Å². The highest BCUT2D eigenvalue weighted by Crippen LogP contribution is 2.34. The first-order chi connectivity index (χ1) is 15.5. The van der Waals surface area contributed by atoms with Gasteiger partial charge in [-0.15, -0.1) is 11.3 Å². The third-order valence-corrected chi connectivity index (χ3v) is 6.14. The number of thiazole rings is 1. The molecule has 0 amide bonds. The molecule has 0 aliphatic carbocycles. The number of benzene rings is 2. The molecule has 0 N–H and O–H groups in total. The third-order valence-electron chi connectivity index (χ3n) is 5.16. The van der Waals surface area contributed by atoms with Gasteiger partial charge >= 0.3 is 5.97 Å². The van der Waals surface area contributed by atoms with Crippen LogP contribution in [-0.4, -0.2) is 28.2 Å². The highest BCUT2D eigenvalue weighted by Gasteiger charge is 2.20. The Kier molecular flexibility index (Phi) is 6.37. The number of imidazole rings is 1. The summed E-state index contributed by atoms with van der Waals surface area (Å²) in [6.07, 6.45) is 2.77. The van der Waals surface area contributed by atoms with Gasteiger partial charge in [-0.25, -0.2) is 4.98 Å². The molecular formula is C25H24N2O4S. The summed E-state index contributed by atoms with van der Waals surface area (Å²) >= 11 is 1.38. The fraction of sp³-hybridized carbons (Fsp3) is 0.240. The Morgan fingerprint density at radius 1 is 1.16 bits per heavy atom. The number of aryl methyl sites for hydroxylation is 2. The summed E-state index contributed by atoms with van der Waals surface area (Å²) in [7, 11) is 0. The molecule has 2 aromatic carbocycles. The van der Waals surface area contributed by atoms with Gasteiger partial charge in [-0.3, -0.25) is 14.0 Å². The van der Waals surface area contributed by atoms with E-state index in [9.17, 15) is 9.59 Å². The molecule has 0 saturated heterocycles. The van der Waals surface area contributed by atoms with E-state index in [0.717, 1.165) is 39.2 Å². The first-order valence-electron chi connectivity index (χ1n) is 10.4. The molecule has 0 atom stereocenters. The largest absolute Gasteiger partial charge is 0.489 e. The highest BCUT2D eigenvalue weighted by molar-refractivity contribution is 7.17. The SMILES string of the molecule is CCOC(=O)Cc1cn2c(C=O)c(-c3cc(C)c(OCc4ccccc4)cc3C)nc2s1. The maximum absolute atomic E-state index is 12.0. The second kappa shape index (κ2) is 9.36. The fourth-order valence-corrected chi connectivity index (χ4v) is 4.56. The van der Waals surface area contributed by atoms with E-state index in [1.807, 2.05) is 56.3 Å². The number of aromatic nitrogens is 2. The molecule has 0 saturated carbocycles. The molecule has 0 spiro atoms. The number of aldehydes is 1. The molecule has 2 heterocycles. The molecule has 0 aliphatic rings. The lowest BCUT2D eigenvalue weighted by Gasteiger charge is -2.13. The lowest BCUT2D eigenvalue weighted by molar-refractivity contribution is -0.142.